The number of aryl methyl sites for hydroxylation is 1. The van der Waals surface area contributed by atoms with Crippen molar-refractivity contribution in [3.05, 3.63) is 106 Å². The maximum absolute atomic E-state index is 13.5. The molecule has 0 saturated heterocycles. The smallest absolute Gasteiger partial charge is 0.296 e. The summed E-state index contributed by atoms with van der Waals surface area (Å²) in [6.07, 6.45) is 0. The van der Waals surface area contributed by atoms with Crippen LogP contribution in [0.1, 0.15) is 21.6 Å². The van der Waals surface area contributed by atoms with Gasteiger partial charge in [-0.25, -0.2) is 13.1 Å². The third-order valence-electron chi connectivity index (χ3n) is 5.99. The molecule has 8 nitrogen and oxygen atoms in total. The predicted molar refractivity (Wildman–Crippen MR) is 137 cm³/mol. The molecule has 0 radical (unpaired) electrons. The van der Waals surface area contributed by atoms with Crippen LogP contribution in [0, 0.1) is 13.8 Å². The number of sulfonamides is 1. The zero-order valence-electron chi connectivity index (χ0n) is 19.9. The number of hydrogen-bond donors (Lipinski definition) is 1. The van der Waals surface area contributed by atoms with Crippen molar-refractivity contribution < 1.29 is 13.2 Å². The number of hydrogen-bond acceptors (Lipinski definition) is 4. The van der Waals surface area contributed by atoms with E-state index in [2.05, 4.69) is 5.32 Å². The van der Waals surface area contributed by atoms with Crippen LogP contribution in [0.15, 0.2) is 88.6 Å². The van der Waals surface area contributed by atoms with Crippen LogP contribution in [0.3, 0.4) is 0 Å². The van der Waals surface area contributed by atoms with Gasteiger partial charge in [0.05, 0.1) is 16.3 Å². The van der Waals surface area contributed by atoms with Gasteiger partial charge in [-0.2, -0.15) is 0 Å². The Balaban J connectivity index is 1.70. The van der Waals surface area contributed by atoms with Crippen LogP contribution >= 0.6 is 0 Å². The summed E-state index contributed by atoms with van der Waals surface area (Å²) in [5.74, 6) is -0.429. The van der Waals surface area contributed by atoms with Gasteiger partial charge in [-0.15, -0.1) is 0 Å². The van der Waals surface area contributed by atoms with Gasteiger partial charge >= 0.3 is 0 Å². The van der Waals surface area contributed by atoms with E-state index in [9.17, 15) is 18.0 Å². The zero-order valence-corrected chi connectivity index (χ0v) is 20.7. The number of nitrogens with zero attached hydrogens (tertiary/aromatic N) is 3. The van der Waals surface area contributed by atoms with E-state index in [-0.39, 0.29) is 16.1 Å². The Kier molecular flexibility index (Phi) is 6.36. The number of nitrogens with one attached hydrogen (secondary N) is 1. The summed E-state index contributed by atoms with van der Waals surface area (Å²) in [5.41, 5.74) is 2.40. The third kappa shape index (κ3) is 4.38. The van der Waals surface area contributed by atoms with Crippen molar-refractivity contribution in [2.45, 2.75) is 18.7 Å². The molecule has 4 aromatic rings. The standard InChI is InChI=1S/C26H26N4O4S/c1-18-11-8-9-16-23(18)27-25(31)20-12-10-15-22(17-20)35(33,34)29(4)24-19(2)28(3)30(26(24)32)21-13-6-5-7-14-21/h5-17H,1-4H3,(H,27,31). The molecular weight excluding hydrogens is 464 g/mol. The fourth-order valence-electron chi connectivity index (χ4n) is 3.90. The molecule has 1 aromatic heterocycles. The molecule has 0 spiro atoms. The summed E-state index contributed by atoms with van der Waals surface area (Å²) < 4.78 is 31.0. The number of rotatable bonds is 6. The second kappa shape index (κ2) is 9.27. The highest BCUT2D eigenvalue weighted by Crippen LogP contribution is 2.25. The van der Waals surface area contributed by atoms with E-state index in [0.29, 0.717) is 17.1 Å². The van der Waals surface area contributed by atoms with Crippen LogP contribution in [0.5, 0.6) is 0 Å². The second-order valence-electron chi connectivity index (χ2n) is 8.18. The van der Waals surface area contributed by atoms with Crippen molar-refractivity contribution in [2.75, 3.05) is 16.7 Å². The SMILES string of the molecule is Cc1ccccc1NC(=O)c1cccc(S(=O)(=O)N(C)c2c(C)n(C)n(-c3ccccc3)c2=O)c1. The summed E-state index contributed by atoms with van der Waals surface area (Å²) in [5, 5.41) is 2.81. The second-order valence-corrected chi connectivity index (χ2v) is 10.1. The number of benzene rings is 3. The fraction of sp³-hybridized carbons (Fsp3) is 0.154. The minimum Gasteiger partial charge on any atom is -0.322 e. The summed E-state index contributed by atoms with van der Waals surface area (Å²) in [6.45, 7) is 3.56. The van der Waals surface area contributed by atoms with Gasteiger partial charge in [0, 0.05) is 25.3 Å². The van der Waals surface area contributed by atoms with Crippen molar-refractivity contribution in [1.82, 2.24) is 9.36 Å². The van der Waals surface area contributed by atoms with E-state index in [0.717, 1.165) is 9.87 Å². The van der Waals surface area contributed by atoms with Crippen LogP contribution in [-0.2, 0) is 17.1 Å². The maximum Gasteiger partial charge on any atom is 0.296 e. The van der Waals surface area contributed by atoms with Crippen molar-refractivity contribution in [1.29, 1.82) is 0 Å². The summed E-state index contributed by atoms with van der Waals surface area (Å²) >= 11 is 0. The van der Waals surface area contributed by atoms with E-state index in [1.165, 1.54) is 29.9 Å². The number of carbonyl (C=O) groups excluding carboxylic acids is 1. The normalized spacial score (nSPS) is 11.3. The lowest BCUT2D eigenvalue weighted by Gasteiger charge is -2.18. The Morgan fingerprint density at radius 2 is 1.57 bits per heavy atom. The quantitative estimate of drug-likeness (QED) is 0.444. The number of amides is 1. The summed E-state index contributed by atoms with van der Waals surface area (Å²) in [4.78, 5) is 26.0. The van der Waals surface area contributed by atoms with E-state index in [4.69, 9.17) is 0 Å². The Hall–Kier alpha value is -4.11. The molecule has 0 atom stereocenters. The van der Waals surface area contributed by atoms with Gasteiger partial charge in [0.15, 0.2) is 0 Å². The lowest BCUT2D eigenvalue weighted by atomic mass is 10.1. The molecule has 4 rings (SSSR count). The Bertz CT molecular complexity index is 1570. The van der Waals surface area contributed by atoms with E-state index in [1.54, 1.807) is 55.1 Å². The van der Waals surface area contributed by atoms with Crippen molar-refractivity contribution in [3.8, 4) is 5.69 Å². The van der Waals surface area contributed by atoms with Crippen molar-refractivity contribution in [3.63, 3.8) is 0 Å². The first kappa shape index (κ1) is 24.0. The molecule has 0 aliphatic heterocycles. The molecule has 1 N–H and O–H groups in total. The van der Waals surface area contributed by atoms with Crippen LogP contribution in [0.4, 0.5) is 11.4 Å². The van der Waals surface area contributed by atoms with Gasteiger partial charge in [-0.05, 0) is 55.8 Å². The highest BCUT2D eigenvalue weighted by molar-refractivity contribution is 7.92. The zero-order chi connectivity index (χ0) is 25.3. The van der Waals surface area contributed by atoms with Crippen molar-refractivity contribution >= 4 is 27.3 Å². The van der Waals surface area contributed by atoms with Crippen LogP contribution < -0.4 is 15.2 Å². The molecule has 3 aromatic carbocycles. The predicted octanol–water partition coefficient (Wildman–Crippen LogP) is 3.87. The van der Waals surface area contributed by atoms with E-state index < -0.39 is 21.5 Å². The van der Waals surface area contributed by atoms with Gasteiger partial charge in [0.1, 0.15) is 5.69 Å². The number of anilines is 2. The van der Waals surface area contributed by atoms with Gasteiger partial charge in [-0.1, -0.05) is 42.5 Å². The van der Waals surface area contributed by atoms with Crippen molar-refractivity contribution in [2.24, 2.45) is 7.05 Å². The number of para-hydroxylation sites is 2. The minimum atomic E-state index is -4.13. The molecule has 1 amide bonds. The third-order valence-corrected chi connectivity index (χ3v) is 7.74. The average Bonchev–Trinajstić information content (AvgIpc) is 3.08. The monoisotopic (exact) mass is 490 g/mol. The lowest BCUT2D eigenvalue weighted by molar-refractivity contribution is 0.102. The van der Waals surface area contributed by atoms with Crippen LogP contribution in [-0.4, -0.2) is 30.7 Å². The molecule has 0 saturated carbocycles. The molecule has 35 heavy (non-hydrogen) atoms. The Morgan fingerprint density at radius 1 is 0.914 bits per heavy atom. The van der Waals surface area contributed by atoms with Gasteiger partial charge in [-0.3, -0.25) is 18.6 Å². The first-order chi connectivity index (χ1) is 16.6. The molecule has 180 valence electrons. The highest BCUT2D eigenvalue weighted by atomic mass is 32.2. The molecular formula is C26H26N4O4S. The van der Waals surface area contributed by atoms with Gasteiger partial charge in [0.25, 0.3) is 21.5 Å². The number of carbonyl (C=O) groups is 1. The molecule has 9 heteroatoms. The minimum absolute atomic E-state index is 0.0334. The molecule has 0 bridgehead atoms. The summed E-state index contributed by atoms with van der Waals surface area (Å²) in [6, 6.07) is 22.1. The summed E-state index contributed by atoms with van der Waals surface area (Å²) in [7, 11) is -1.09. The lowest BCUT2D eigenvalue weighted by Crippen LogP contribution is -2.32. The molecule has 1 heterocycles. The van der Waals surface area contributed by atoms with Crippen LogP contribution in [0.2, 0.25) is 0 Å². The first-order valence-electron chi connectivity index (χ1n) is 10.9. The maximum atomic E-state index is 13.5. The number of aromatic nitrogens is 2. The van der Waals surface area contributed by atoms with Crippen LogP contribution in [0.25, 0.3) is 5.69 Å². The molecule has 0 fully saturated rings. The molecule has 0 aliphatic carbocycles. The van der Waals surface area contributed by atoms with Gasteiger partial charge in [0.2, 0.25) is 0 Å². The topological polar surface area (TPSA) is 93.4 Å². The Morgan fingerprint density at radius 3 is 2.26 bits per heavy atom. The highest BCUT2D eigenvalue weighted by Gasteiger charge is 2.29. The fourth-order valence-corrected chi connectivity index (χ4v) is 5.19. The average molecular weight is 491 g/mol. The van der Waals surface area contributed by atoms with Gasteiger partial charge < -0.3 is 5.32 Å². The van der Waals surface area contributed by atoms with E-state index in [1.807, 2.05) is 31.2 Å². The molecule has 0 aliphatic rings. The first-order valence-corrected chi connectivity index (χ1v) is 12.4. The molecule has 0 unspecified atom stereocenters. The van der Waals surface area contributed by atoms with E-state index >= 15 is 0 Å². The Labute approximate surface area is 204 Å². The largest absolute Gasteiger partial charge is 0.322 e.